The Kier molecular flexibility index (Phi) is 6.00. The van der Waals surface area contributed by atoms with Gasteiger partial charge in [0.25, 0.3) is 5.91 Å². The number of imide groups is 1. The number of esters is 1. The van der Waals surface area contributed by atoms with Crippen molar-refractivity contribution in [3.05, 3.63) is 99.0 Å². The van der Waals surface area contributed by atoms with Crippen LogP contribution in [0, 0.1) is 11.8 Å². The van der Waals surface area contributed by atoms with Crippen LogP contribution in [0.15, 0.2) is 66.7 Å². The van der Waals surface area contributed by atoms with E-state index >= 15 is 0 Å². The summed E-state index contributed by atoms with van der Waals surface area (Å²) in [5, 5.41) is 3.19. The Morgan fingerprint density at radius 1 is 0.868 bits per heavy atom. The predicted molar refractivity (Wildman–Crippen MR) is 141 cm³/mol. The SMILES string of the molecule is C[C@H](C(=O)OCC(=O)Nc1ccc(Cl)cc1Cl)N1C(=O)[C@H]2C3c4ccccc4C(c4ccccc43)[C@@H]2C1=O. The van der Waals surface area contributed by atoms with Gasteiger partial charge >= 0.3 is 5.97 Å². The summed E-state index contributed by atoms with van der Waals surface area (Å²) in [7, 11) is 0. The van der Waals surface area contributed by atoms with Crippen molar-refractivity contribution < 1.29 is 23.9 Å². The number of carbonyl (C=O) groups is 4. The maximum atomic E-state index is 13.7. The highest BCUT2D eigenvalue weighted by Gasteiger charge is 2.62. The number of ether oxygens (including phenoxy) is 1. The lowest BCUT2D eigenvalue weighted by Crippen LogP contribution is -2.45. The number of rotatable bonds is 5. The Labute approximate surface area is 228 Å². The Bertz CT molecular complexity index is 1410. The first kappa shape index (κ1) is 24.6. The van der Waals surface area contributed by atoms with Crippen molar-refractivity contribution in [2.45, 2.75) is 24.8 Å². The number of halogens is 2. The fourth-order valence-electron chi connectivity index (χ4n) is 6.22. The molecule has 0 spiro atoms. The molecule has 3 amide bonds. The minimum Gasteiger partial charge on any atom is -0.454 e. The van der Waals surface area contributed by atoms with Gasteiger partial charge in [-0.05, 0) is 47.4 Å². The molecule has 1 heterocycles. The van der Waals surface area contributed by atoms with Crippen molar-refractivity contribution in [1.82, 2.24) is 4.90 Å². The molecule has 1 aliphatic heterocycles. The van der Waals surface area contributed by atoms with Crippen LogP contribution < -0.4 is 5.32 Å². The number of anilines is 1. The van der Waals surface area contributed by atoms with Gasteiger partial charge in [-0.1, -0.05) is 71.7 Å². The van der Waals surface area contributed by atoms with E-state index in [0.717, 1.165) is 27.2 Å². The molecular formula is C29H22Cl2N2O5. The highest BCUT2D eigenvalue weighted by molar-refractivity contribution is 6.36. The molecule has 4 aliphatic rings. The van der Waals surface area contributed by atoms with Crippen molar-refractivity contribution in [3.8, 4) is 0 Å². The number of benzene rings is 3. The van der Waals surface area contributed by atoms with E-state index in [9.17, 15) is 19.2 Å². The van der Waals surface area contributed by atoms with Crippen LogP contribution in [-0.2, 0) is 23.9 Å². The maximum Gasteiger partial charge on any atom is 0.329 e. The molecule has 3 aromatic rings. The zero-order valence-corrected chi connectivity index (χ0v) is 21.7. The number of hydrogen-bond acceptors (Lipinski definition) is 5. The van der Waals surface area contributed by atoms with Gasteiger partial charge in [0.15, 0.2) is 6.61 Å². The normalized spacial score (nSPS) is 23.4. The molecule has 3 aromatic carbocycles. The number of likely N-dealkylation sites (tertiary alicyclic amines) is 1. The molecule has 1 saturated heterocycles. The Morgan fingerprint density at radius 2 is 1.37 bits per heavy atom. The van der Waals surface area contributed by atoms with E-state index in [0.29, 0.717) is 10.7 Å². The predicted octanol–water partition coefficient (Wildman–Crippen LogP) is 4.76. The fourth-order valence-corrected chi connectivity index (χ4v) is 6.68. The van der Waals surface area contributed by atoms with Crippen LogP contribution in [0.25, 0.3) is 0 Å². The first-order valence-corrected chi connectivity index (χ1v) is 13.0. The first-order chi connectivity index (χ1) is 18.3. The third kappa shape index (κ3) is 3.72. The van der Waals surface area contributed by atoms with Gasteiger partial charge in [-0.2, -0.15) is 0 Å². The zero-order valence-electron chi connectivity index (χ0n) is 20.2. The van der Waals surface area contributed by atoms with Crippen LogP contribution in [0.2, 0.25) is 10.0 Å². The molecular weight excluding hydrogens is 527 g/mol. The molecule has 1 N–H and O–H groups in total. The molecule has 7 nitrogen and oxygen atoms in total. The fraction of sp³-hybridized carbons (Fsp3) is 0.241. The Morgan fingerprint density at radius 3 is 1.84 bits per heavy atom. The van der Waals surface area contributed by atoms with Crippen LogP contribution in [0.1, 0.15) is 41.0 Å². The van der Waals surface area contributed by atoms with Gasteiger partial charge in [0.1, 0.15) is 6.04 Å². The van der Waals surface area contributed by atoms with E-state index in [1.165, 1.54) is 19.1 Å². The largest absolute Gasteiger partial charge is 0.454 e. The van der Waals surface area contributed by atoms with E-state index in [-0.39, 0.29) is 28.7 Å². The molecule has 1 fully saturated rings. The van der Waals surface area contributed by atoms with E-state index in [1.807, 2.05) is 48.5 Å². The summed E-state index contributed by atoms with van der Waals surface area (Å²) < 4.78 is 5.19. The summed E-state index contributed by atoms with van der Waals surface area (Å²) in [6.45, 7) is 0.846. The van der Waals surface area contributed by atoms with Crippen LogP contribution in [0.3, 0.4) is 0 Å². The molecule has 7 rings (SSSR count). The van der Waals surface area contributed by atoms with Crippen LogP contribution in [0.4, 0.5) is 5.69 Å². The molecule has 2 bridgehead atoms. The Hall–Kier alpha value is -3.68. The summed E-state index contributed by atoms with van der Waals surface area (Å²) in [4.78, 5) is 53.8. The molecule has 0 aromatic heterocycles. The summed E-state index contributed by atoms with van der Waals surface area (Å²) >= 11 is 11.9. The zero-order chi connectivity index (χ0) is 26.7. The second-order valence-electron chi connectivity index (χ2n) is 9.77. The van der Waals surface area contributed by atoms with Crippen molar-refractivity contribution in [1.29, 1.82) is 0 Å². The number of nitrogens with zero attached hydrogens (tertiary/aromatic N) is 1. The lowest BCUT2D eigenvalue weighted by molar-refractivity contribution is -0.159. The van der Waals surface area contributed by atoms with E-state index in [2.05, 4.69) is 5.32 Å². The minimum absolute atomic E-state index is 0.234. The van der Waals surface area contributed by atoms with Gasteiger partial charge in [-0.25, -0.2) is 4.79 Å². The van der Waals surface area contributed by atoms with E-state index in [4.69, 9.17) is 27.9 Å². The first-order valence-electron chi connectivity index (χ1n) is 12.2. The number of nitrogens with one attached hydrogen (secondary N) is 1. The highest BCUT2D eigenvalue weighted by Crippen LogP contribution is 2.61. The lowest BCUT2D eigenvalue weighted by atomic mass is 9.55. The highest BCUT2D eigenvalue weighted by atomic mass is 35.5. The Balaban J connectivity index is 1.21. The second-order valence-corrected chi connectivity index (χ2v) is 10.6. The molecule has 192 valence electrons. The van der Waals surface area contributed by atoms with Crippen molar-refractivity contribution in [2.75, 3.05) is 11.9 Å². The molecule has 3 aliphatic carbocycles. The summed E-state index contributed by atoms with van der Waals surface area (Å²) in [6, 6.07) is 19.2. The molecule has 9 heteroatoms. The third-order valence-corrected chi connectivity index (χ3v) is 8.31. The molecule has 0 saturated carbocycles. The second kappa shape index (κ2) is 9.26. The quantitative estimate of drug-likeness (QED) is 0.366. The lowest BCUT2D eigenvalue weighted by Gasteiger charge is -2.45. The smallest absolute Gasteiger partial charge is 0.329 e. The monoisotopic (exact) mass is 548 g/mol. The average Bonchev–Trinajstić information content (AvgIpc) is 3.18. The van der Waals surface area contributed by atoms with Gasteiger partial charge < -0.3 is 10.1 Å². The van der Waals surface area contributed by atoms with Crippen LogP contribution in [-0.4, -0.2) is 41.2 Å². The molecule has 0 radical (unpaired) electrons. The number of carbonyl (C=O) groups excluding carboxylic acids is 4. The molecule has 0 unspecified atom stereocenters. The van der Waals surface area contributed by atoms with Gasteiger partial charge in [0.05, 0.1) is 22.5 Å². The van der Waals surface area contributed by atoms with E-state index < -0.39 is 36.4 Å². The topological polar surface area (TPSA) is 92.8 Å². The van der Waals surface area contributed by atoms with Crippen molar-refractivity contribution >= 4 is 52.6 Å². The summed E-state index contributed by atoms with van der Waals surface area (Å²) in [5.74, 6) is -3.96. The summed E-state index contributed by atoms with van der Waals surface area (Å²) in [5.41, 5.74) is 4.51. The minimum atomic E-state index is -1.18. The van der Waals surface area contributed by atoms with Crippen molar-refractivity contribution in [2.24, 2.45) is 11.8 Å². The van der Waals surface area contributed by atoms with Gasteiger partial charge in [-0.3, -0.25) is 19.3 Å². The number of amides is 3. The van der Waals surface area contributed by atoms with Gasteiger partial charge in [0, 0.05) is 16.9 Å². The maximum absolute atomic E-state index is 13.7. The van der Waals surface area contributed by atoms with E-state index in [1.54, 1.807) is 6.07 Å². The van der Waals surface area contributed by atoms with Crippen LogP contribution >= 0.6 is 23.2 Å². The van der Waals surface area contributed by atoms with Gasteiger partial charge in [0.2, 0.25) is 11.8 Å². The average molecular weight is 549 g/mol. The van der Waals surface area contributed by atoms with Crippen molar-refractivity contribution in [3.63, 3.8) is 0 Å². The molecule has 38 heavy (non-hydrogen) atoms. The summed E-state index contributed by atoms with van der Waals surface area (Å²) in [6.07, 6.45) is 0. The van der Waals surface area contributed by atoms with Crippen LogP contribution in [0.5, 0.6) is 0 Å². The number of hydrogen-bond donors (Lipinski definition) is 1. The standard InChI is InChI=1S/C29H22Cl2N2O5/c1-14(29(37)38-13-22(34)32-21-11-10-15(30)12-20(21)31)33-27(35)25-23-16-6-2-3-7-17(16)24(26(25)28(33)36)19-9-5-4-8-18(19)23/h2-12,14,23-26H,13H2,1H3,(H,32,34)/t14-,23?,24?,25+,26+/m1/s1. The molecule has 3 atom stereocenters. The van der Waals surface area contributed by atoms with Gasteiger partial charge in [-0.15, -0.1) is 0 Å². The third-order valence-electron chi connectivity index (χ3n) is 7.76.